The van der Waals surface area contributed by atoms with Gasteiger partial charge >= 0.3 is 5.97 Å². The molecule has 0 amide bonds. The number of hydrogen-bond donors (Lipinski definition) is 3. The van der Waals surface area contributed by atoms with Crippen LogP contribution in [0.3, 0.4) is 0 Å². The highest BCUT2D eigenvalue weighted by molar-refractivity contribution is 7.55. The molecule has 0 fully saturated rings. The molecule has 6 heteroatoms. The zero-order valence-electron chi connectivity index (χ0n) is 17.7. The van der Waals surface area contributed by atoms with Gasteiger partial charge in [0.2, 0.25) is 0 Å². The lowest BCUT2D eigenvalue weighted by atomic mass is 10.2. The van der Waals surface area contributed by atoms with Crippen molar-refractivity contribution >= 4 is 20.2 Å². The number of aliphatic hydroxyl groups excluding tert-OH is 1. The summed E-state index contributed by atoms with van der Waals surface area (Å²) >= 11 is 0. The second-order valence-corrected chi connectivity index (χ2v) is 7.84. The topological polar surface area (TPSA) is 86.6 Å². The van der Waals surface area contributed by atoms with Gasteiger partial charge in [-0.25, -0.2) is 0 Å². The first-order chi connectivity index (χ1) is 14.1. The Morgan fingerprint density at radius 3 is 1.86 bits per heavy atom. The SMILES string of the molecule is CCCCCC=CCC=CCC=CCC=CCCCC(=O)PN[C@@H](CO)C(=O)O. The standard InChI is InChI=1S/C23H38NO4P/c1-2-3-4-5-6-7-8-9-10-11-12-13-14-15-16-17-18-19-22(26)29-24-21(20-25)23(27)28/h6-7,9-10,12-13,15-16,21,24-25,29H,2-5,8,11,14,17-20H2,1H3,(H,27,28)/t21-/m0/s1. The van der Waals surface area contributed by atoms with Gasteiger partial charge in [-0.05, 0) is 44.9 Å². The van der Waals surface area contributed by atoms with E-state index >= 15 is 0 Å². The van der Waals surface area contributed by atoms with Crippen LogP contribution in [0.2, 0.25) is 0 Å². The maximum atomic E-state index is 11.7. The summed E-state index contributed by atoms with van der Waals surface area (Å²) in [6.07, 6.45) is 27.2. The Labute approximate surface area is 177 Å². The van der Waals surface area contributed by atoms with Gasteiger partial charge in [0.25, 0.3) is 0 Å². The maximum absolute atomic E-state index is 11.7. The van der Waals surface area contributed by atoms with Crippen molar-refractivity contribution in [3.05, 3.63) is 48.6 Å². The van der Waals surface area contributed by atoms with Gasteiger partial charge < -0.3 is 10.2 Å². The van der Waals surface area contributed by atoms with Crippen molar-refractivity contribution in [1.82, 2.24) is 5.09 Å². The molecule has 0 saturated heterocycles. The molecule has 5 nitrogen and oxygen atoms in total. The van der Waals surface area contributed by atoms with Crippen molar-refractivity contribution in [2.24, 2.45) is 0 Å². The van der Waals surface area contributed by atoms with E-state index < -0.39 is 18.6 Å². The summed E-state index contributed by atoms with van der Waals surface area (Å²) in [6.45, 7) is 1.71. The highest BCUT2D eigenvalue weighted by atomic mass is 31.1. The van der Waals surface area contributed by atoms with Crippen molar-refractivity contribution in [2.75, 3.05) is 6.61 Å². The second-order valence-electron chi connectivity index (χ2n) is 6.75. The zero-order chi connectivity index (χ0) is 21.6. The number of hydrogen-bond acceptors (Lipinski definition) is 4. The van der Waals surface area contributed by atoms with Gasteiger partial charge in [0.15, 0.2) is 5.52 Å². The molecule has 2 atom stereocenters. The van der Waals surface area contributed by atoms with Gasteiger partial charge in [0.1, 0.15) is 6.04 Å². The predicted molar refractivity (Wildman–Crippen MR) is 123 cm³/mol. The molecule has 3 N–H and O–H groups in total. The number of unbranched alkanes of at least 4 members (excludes halogenated alkanes) is 4. The summed E-state index contributed by atoms with van der Waals surface area (Å²) in [7, 11) is -0.279. The average Bonchev–Trinajstić information content (AvgIpc) is 2.70. The molecule has 0 aromatic heterocycles. The number of carbonyl (C=O) groups excluding carboxylic acids is 1. The predicted octanol–water partition coefficient (Wildman–Crippen LogP) is 5.29. The highest BCUT2D eigenvalue weighted by Gasteiger charge is 2.16. The van der Waals surface area contributed by atoms with Crippen LogP contribution in [0.25, 0.3) is 0 Å². The van der Waals surface area contributed by atoms with Gasteiger partial charge in [0, 0.05) is 15.2 Å². The molecule has 0 aromatic carbocycles. The average molecular weight is 424 g/mol. The summed E-state index contributed by atoms with van der Waals surface area (Å²) in [6, 6.07) is -1.06. The lowest BCUT2D eigenvalue weighted by Gasteiger charge is -2.10. The molecule has 0 rings (SSSR count). The van der Waals surface area contributed by atoms with Crippen molar-refractivity contribution in [3.63, 3.8) is 0 Å². The third-order valence-electron chi connectivity index (χ3n) is 4.10. The first kappa shape index (κ1) is 27.5. The molecule has 0 aliphatic rings. The van der Waals surface area contributed by atoms with Crippen LogP contribution in [0.4, 0.5) is 0 Å². The molecular formula is C23H38NO4P. The molecule has 29 heavy (non-hydrogen) atoms. The van der Waals surface area contributed by atoms with Gasteiger partial charge in [0.05, 0.1) is 6.61 Å². The number of carboxylic acid groups (broad SMARTS) is 1. The van der Waals surface area contributed by atoms with Crippen molar-refractivity contribution in [2.45, 2.75) is 77.2 Å². The maximum Gasteiger partial charge on any atom is 0.323 e. The molecule has 0 aliphatic heterocycles. The first-order valence-electron chi connectivity index (χ1n) is 10.6. The number of carbonyl (C=O) groups is 2. The molecular weight excluding hydrogens is 385 g/mol. The molecule has 1 unspecified atom stereocenters. The Morgan fingerprint density at radius 2 is 1.38 bits per heavy atom. The summed E-state index contributed by atoms with van der Waals surface area (Å²) in [5.74, 6) is -1.14. The number of aliphatic carboxylic acids is 1. The summed E-state index contributed by atoms with van der Waals surface area (Å²) in [4.78, 5) is 22.4. The molecule has 0 aliphatic carbocycles. The van der Waals surface area contributed by atoms with Crippen LogP contribution in [0.15, 0.2) is 48.6 Å². The second kappa shape index (κ2) is 21.2. The summed E-state index contributed by atoms with van der Waals surface area (Å²) < 4.78 is 0. The molecule has 0 saturated carbocycles. The van der Waals surface area contributed by atoms with E-state index in [9.17, 15) is 9.59 Å². The first-order valence-corrected chi connectivity index (χ1v) is 11.6. The van der Waals surface area contributed by atoms with Gasteiger partial charge in [-0.1, -0.05) is 68.4 Å². The van der Waals surface area contributed by atoms with E-state index in [2.05, 4.69) is 60.6 Å². The van der Waals surface area contributed by atoms with Crippen LogP contribution in [-0.2, 0) is 9.59 Å². The van der Waals surface area contributed by atoms with E-state index in [-0.39, 0.29) is 14.3 Å². The summed E-state index contributed by atoms with van der Waals surface area (Å²) in [5, 5.41) is 20.2. The van der Waals surface area contributed by atoms with Crippen LogP contribution < -0.4 is 5.09 Å². The molecule has 0 aromatic rings. The molecule has 0 radical (unpaired) electrons. The number of allylic oxidation sites excluding steroid dienone is 8. The van der Waals surface area contributed by atoms with Crippen molar-refractivity contribution in [3.8, 4) is 0 Å². The largest absolute Gasteiger partial charge is 0.480 e. The molecule has 0 spiro atoms. The monoisotopic (exact) mass is 423 g/mol. The zero-order valence-corrected chi connectivity index (χ0v) is 18.7. The highest BCUT2D eigenvalue weighted by Crippen LogP contribution is 2.13. The smallest absolute Gasteiger partial charge is 0.323 e. The summed E-state index contributed by atoms with van der Waals surface area (Å²) in [5.41, 5.74) is -0.0133. The normalized spacial score (nSPS) is 13.7. The minimum absolute atomic E-state index is 0.0133. The molecule has 0 heterocycles. The van der Waals surface area contributed by atoms with Crippen LogP contribution in [0.1, 0.15) is 71.1 Å². The van der Waals surface area contributed by atoms with E-state index in [4.69, 9.17) is 10.2 Å². The molecule has 0 bridgehead atoms. The van der Waals surface area contributed by atoms with Gasteiger partial charge in [-0.3, -0.25) is 14.7 Å². The Hall–Kier alpha value is -1.55. The quantitative estimate of drug-likeness (QED) is 0.149. The fourth-order valence-corrected chi connectivity index (χ4v) is 3.21. The number of aliphatic hydroxyl groups is 1. The Bertz CT molecular complexity index is 541. The number of carboxylic acids is 1. The van der Waals surface area contributed by atoms with E-state index in [0.717, 1.165) is 32.1 Å². The fourth-order valence-electron chi connectivity index (χ4n) is 2.36. The molecule has 164 valence electrons. The van der Waals surface area contributed by atoms with Crippen molar-refractivity contribution < 1.29 is 19.8 Å². The third-order valence-corrected chi connectivity index (χ3v) is 5.12. The van der Waals surface area contributed by atoms with Gasteiger partial charge in [-0.15, -0.1) is 0 Å². The Balaban J connectivity index is 3.60. The van der Waals surface area contributed by atoms with Crippen LogP contribution >= 0.6 is 8.73 Å². The van der Waals surface area contributed by atoms with Crippen LogP contribution in [-0.4, -0.2) is 34.4 Å². The van der Waals surface area contributed by atoms with Crippen LogP contribution in [0, 0.1) is 0 Å². The van der Waals surface area contributed by atoms with Crippen LogP contribution in [0.5, 0.6) is 0 Å². The van der Waals surface area contributed by atoms with E-state index in [1.54, 1.807) is 0 Å². The fraction of sp³-hybridized carbons (Fsp3) is 0.565. The minimum atomic E-state index is -1.14. The Morgan fingerprint density at radius 1 is 0.862 bits per heavy atom. The number of rotatable bonds is 19. The lowest BCUT2D eigenvalue weighted by molar-refractivity contribution is -0.139. The Kier molecular flexibility index (Phi) is 20.0. The van der Waals surface area contributed by atoms with E-state index in [1.807, 2.05) is 0 Å². The van der Waals surface area contributed by atoms with Gasteiger partial charge in [-0.2, -0.15) is 0 Å². The minimum Gasteiger partial charge on any atom is -0.480 e. The third kappa shape index (κ3) is 19.5. The lowest BCUT2D eigenvalue weighted by Crippen LogP contribution is -2.35. The van der Waals surface area contributed by atoms with E-state index in [0.29, 0.717) is 6.42 Å². The number of nitrogens with one attached hydrogen (secondary N) is 1. The van der Waals surface area contributed by atoms with E-state index in [1.165, 1.54) is 25.7 Å². The van der Waals surface area contributed by atoms with Crippen molar-refractivity contribution in [1.29, 1.82) is 0 Å².